The van der Waals surface area contributed by atoms with Crippen LogP contribution in [0.4, 0.5) is 0 Å². The van der Waals surface area contributed by atoms with Gasteiger partial charge < -0.3 is 0 Å². The van der Waals surface area contributed by atoms with Crippen molar-refractivity contribution in [3.05, 3.63) is 52.2 Å². The quantitative estimate of drug-likeness (QED) is 0.744. The second-order valence-electron chi connectivity index (χ2n) is 6.41. The molecule has 5 rings (SSSR count). The second kappa shape index (κ2) is 4.35. The molecule has 0 unspecified atom stereocenters. The standard InChI is InChI=1S/C17H18N4O/c22-17-19(11-12-10-14-4-3-9-20(14)18-12)15-5-1-2-6-16(15)21(17)13-7-8-13/h1-2,5-6,10,13H,3-4,7-9,11H2. The van der Waals surface area contributed by atoms with Crippen molar-refractivity contribution in [2.75, 3.05) is 0 Å². The Labute approximate surface area is 127 Å². The van der Waals surface area contributed by atoms with Crippen LogP contribution < -0.4 is 5.69 Å². The first-order valence-corrected chi connectivity index (χ1v) is 8.06. The van der Waals surface area contributed by atoms with E-state index in [2.05, 4.69) is 21.9 Å². The molecular weight excluding hydrogens is 276 g/mol. The van der Waals surface area contributed by atoms with E-state index in [0.717, 1.165) is 42.5 Å². The first-order valence-electron chi connectivity index (χ1n) is 8.06. The maximum Gasteiger partial charge on any atom is 0.329 e. The second-order valence-corrected chi connectivity index (χ2v) is 6.41. The highest BCUT2D eigenvalue weighted by Crippen LogP contribution is 2.36. The van der Waals surface area contributed by atoms with Crippen molar-refractivity contribution >= 4 is 11.0 Å². The highest BCUT2D eigenvalue weighted by atomic mass is 16.1. The lowest BCUT2D eigenvalue weighted by atomic mass is 10.2. The van der Waals surface area contributed by atoms with Crippen molar-refractivity contribution in [1.82, 2.24) is 18.9 Å². The van der Waals surface area contributed by atoms with Gasteiger partial charge in [-0.1, -0.05) is 12.1 Å². The molecule has 1 aromatic carbocycles. The molecule has 0 N–H and O–H groups in total. The third-order valence-electron chi connectivity index (χ3n) is 4.82. The van der Waals surface area contributed by atoms with Crippen LogP contribution in [-0.2, 0) is 19.5 Å². The normalized spacial score (nSPS) is 17.3. The molecule has 5 heteroatoms. The van der Waals surface area contributed by atoms with Crippen molar-refractivity contribution in [3.8, 4) is 0 Å². The Morgan fingerprint density at radius 3 is 2.77 bits per heavy atom. The molecule has 0 atom stereocenters. The number of para-hydroxylation sites is 2. The molecule has 3 heterocycles. The van der Waals surface area contributed by atoms with E-state index in [1.807, 2.05) is 27.3 Å². The fourth-order valence-electron chi connectivity index (χ4n) is 3.63. The van der Waals surface area contributed by atoms with Gasteiger partial charge in [0.25, 0.3) is 0 Å². The van der Waals surface area contributed by atoms with Crippen LogP contribution in [0.2, 0.25) is 0 Å². The fraction of sp³-hybridized carbons (Fsp3) is 0.412. The third kappa shape index (κ3) is 1.71. The number of rotatable bonds is 3. The smallest absolute Gasteiger partial charge is 0.289 e. The third-order valence-corrected chi connectivity index (χ3v) is 4.82. The lowest BCUT2D eigenvalue weighted by Crippen LogP contribution is -2.24. The Morgan fingerprint density at radius 1 is 1.18 bits per heavy atom. The molecule has 1 fully saturated rings. The average Bonchev–Trinajstić information content (AvgIpc) is 3.03. The fourth-order valence-corrected chi connectivity index (χ4v) is 3.63. The summed E-state index contributed by atoms with van der Waals surface area (Å²) in [5.41, 5.74) is 4.48. The summed E-state index contributed by atoms with van der Waals surface area (Å²) in [5.74, 6) is 0. The van der Waals surface area contributed by atoms with Crippen LogP contribution in [0.5, 0.6) is 0 Å². The monoisotopic (exact) mass is 294 g/mol. The van der Waals surface area contributed by atoms with Crippen molar-refractivity contribution < 1.29 is 0 Å². The van der Waals surface area contributed by atoms with Crippen molar-refractivity contribution in [1.29, 1.82) is 0 Å². The Hall–Kier alpha value is -2.30. The highest BCUT2D eigenvalue weighted by Gasteiger charge is 2.29. The molecule has 3 aromatic rings. The molecule has 1 aliphatic heterocycles. The molecule has 2 aromatic heterocycles. The van der Waals surface area contributed by atoms with Crippen LogP contribution in [0.15, 0.2) is 35.1 Å². The van der Waals surface area contributed by atoms with Crippen LogP contribution in [0, 0.1) is 0 Å². The molecule has 0 saturated heterocycles. The Balaban J connectivity index is 1.64. The van der Waals surface area contributed by atoms with Gasteiger partial charge in [0.05, 0.1) is 23.3 Å². The van der Waals surface area contributed by atoms with E-state index in [0.29, 0.717) is 12.6 Å². The van der Waals surface area contributed by atoms with Gasteiger partial charge in [0, 0.05) is 18.3 Å². The van der Waals surface area contributed by atoms with Crippen LogP contribution in [0.1, 0.15) is 36.7 Å². The number of nitrogens with zero attached hydrogens (tertiary/aromatic N) is 4. The van der Waals surface area contributed by atoms with Gasteiger partial charge in [0.1, 0.15) is 0 Å². The number of hydrogen-bond acceptors (Lipinski definition) is 2. The predicted molar refractivity (Wildman–Crippen MR) is 84.1 cm³/mol. The van der Waals surface area contributed by atoms with Crippen LogP contribution >= 0.6 is 0 Å². The van der Waals surface area contributed by atoms with Gasteiger partial charge in [-0.2, -0.15) is 5.10 Å². The maximum absolute atomic E-state index is 12.8. The number of aryl methyl sites for hydroxylation is 2. The maximum atomic E-state index is 12.8. The van der Waals surface area contributed by atoms with Gasteiger partial charge in [0.15, 0.2) is 0 Å². The van der Waals surface area contributed by atoms with Gasteiger partial charge in [-0.15, -0.1) is 0 Å². The van der Waals surface area contributed by atoms with E-state index >= 15 is 0 Å². The molecular formula is C17H18N4O. The minimum Gasteiger partial charge on any atom is -0.289 e. The number of fused-ring (bicyclic) bond motifs is 2. The van der Waals surface area contributed by atoms with Crippen LogP contribution in [0.3, 0.4) is 0 Å². The van der Waals surface area contributed by atoms with E-state index in [4.69, 9.17) is 0 Å². The van der Waals surface area contributed by atoms with E-state index < -0.39 is 0 Å². The van der Waals surface area contributed by atoms with Gasteiger partial charge in [-0.3, -0.25) is 13.8 Å². The first-order chi connectivity index (χ1) is 10.8. The molecule has 0 amide bonds. The lowest BCUT2D eigenvalue weighted by Gasteiger charge is -2.00. The van der Waals surface area contributed by atoms with Gasteiger partial charge in [-0.05, 0) is 43.9 Å². The number of benzene rings is 1. The Morgan fingerprint density at radius 2 is 2.00 bits per heavy atom. The summed E-state index contributed by atoms with van der Waals surface area (Å²) in [7, 11) is 0. The van der Waals surface area contributed by atoms with E-state index in [9.17, 15) is 4.79 Å². The van der Waals surface area contributed by atoms with Crippen molar-refractivity contribution in [2.24, 2.45) is 0 Å². The van der Waals surface area contributed by atoms with Crippen LogP contribution in [0.25, 0.3) is 11.0 Å². The number of hydrogen-bond donors (Lipinski definition) is 0. The SMILES string of the molecule is O=c1n(Cc2cc3n(n2)CCC3)c2ccccc2n1C1CC1. The minimum absolute atomic E-state index is 0.108. The van der Waals surface area contributed by atoms with E-state index in [1.54, 1.807) is 0 Å². The average molecular weight is 294 g/mol. The zero-order chi connectivity index (χ0) is 14.7. The molecule has 2 aliphatic rings. The molecule has 0 radical (unpaired) electrons. The molecule has 22 heavy (non-hydrogen) atoms. The molecule has 1 aliphatic carbocycles. The minimum atomic E-state index is 0.108. The van der Waals surface area contributed by atoms with Gasteiger partial charge >= 0.3 is 5.69 Å². The molecule has 0 spiro atoms. The molecule has 0 bridgehead atoms. The Kier molecular flexibility index (Phi) is 2.42. The topological polar surface area (TPSA) is 44.8 Å². The van der Waals surface area contributed by atoms with E-state index in [-0.39, 0.29) is 5.69 Å². The summed E-state index contributed by atoms with van der Waals surface area (Å²) in [4.78, 5) is 12.8. The number of imidazole rings is 1. The summed E-state index contributed by atoms with van der Waals surface area (Å²) in [6, 6.07) is 10.7. The summed E-state index contributed by atoms with van der Waals surface area (Å²) >= 11 is 0. The molecule has 5 nitrogen and oxygen atoms in total. The largest absolute Gasteiger partial charge is 0.329 e. The summed E-state index contributed by atoms with van der Waals surface area (Å²) in [6.45, 7) is 1.58. The Bertz CT molecular complexity index is 904. The highest BCUT2D eigenvalue weighted by molar-refractivity contribution is 5.76. The molecule has 1 saturated carbocycles. The van der Waals surface area contributed by atoms with Crippen molar-refractivity contribution in [2.45, 2.75) is 44.8 Å². The van der Waals surface area contributed by atoms with E-state index in [1.165, 1.54) is 12.1 Å². The number of aromatic nitrogens is 4. The zero-order valence-electron chi connectivity index (χ0n) is 12.4. The van der Waals surface area contributed by atoms with Crippen LogP contribution in [-0.4, -0.2) is 18.9 Å². The predicted octanol–water partition coefficient (Wildman–Crippen LogP) is 2.33. The first kappa shape index (κ1) is 12.3. The van der Waals surface area contributed by atoms with Gasteiger partial charge in [-0.25, -0.2) is 4.79 Å². The summed E-state index contributed by atoms with van der Waals surface area (Å²) in [5, 5.41) is 4.65. The van der Waals surface area contributed by atoms with Gasteiger partial charge in [0.2, 0.25) is 0 Å². The lowest BCUT2D eigenvalue weighted by molar-refractivity contribution is 0.622. The zero-order valence-corrected chi connectivity index (χ0v) is 12.4. The summed E-state index contributed by atoms with van der Waals surface area (Å²) in [6.07, 6.45) is 4.52. The van der Waals surface area contributed by atoms with Crippen molar-refractivity contribution in [3.63, 3.8) is 0 Å². The molecule has 112 valence electrons. The summed E-state index contributed by atoms with van der Waals surface area (Å²) < 4.78 is 5.94.